The molecule has 0 aromatic carbocycles. The molecule has 3 nitrogen and oxygen atoms in total. The molecule has 2 rings (SSSR count). The Morgan fingerprint density at radius 2 is 2.13 bits per heavy atom. The lowest BCUT2D eigenvalue weighted by Crippen LogP contribution is -2.52. The van der Waals surface area contributed by atoms with E-state index in [0.29, 0.717) is 12.5 Å². The highest BCUT2D eigenvalue weighted by atomic mass is 16.5. The Labute approximate surface area is 91.4 Å². The Morgan fingerprint density at radius 1 is 1.40 bits per heavy atom. The number of hydrogen-bond donors (Lipinski definition) is 1. The number of rotatable bonds is 3. The number of ether oxygens (including phenoxy) is 1. The zero-order valence-corrected chi connectivity index (χ0v) is 9.50. The van der Waals surface area contributed by atoms with Crippen molar-refractivity contribution in [3.05, 3.63) is 0 Å². The molecule has 0 aromatic heterocycles. The normalized spacial score (nSPS) is 36.3. The van der Waals surface area contributed by atoms with Gasteiger partial charge in [0.1, 0.15) is 5.54 Å². The molecule has 2 aliphatic carbocycles. The maximum Gasteiger partial charge on any atom is 0.326 e. The lowest BCUT2D eigenvalue weighted by molar-refractivity contribution is -0.151. The minimum atomic E-state index is -0.679. The Hall–Kier alpha value is -0.570. The van der Waals surface area contributed by atoms with Crippen molar-refractivity contribution < 1.29 is 9.53 Å². The highest BCUT2D eigenvalue weighted by molar-refractivity contribution is 5.80. The first kappa shape index (κ1) is 10.9. The fraction of sp³-hybridized carbons (Fsp3) is 0.917. The molecular formula is C12H21NO2. The van der Waals surface area contributed by atoms with Gasteiger partial charge in [-0.2, -0.15) is 0 Å². The van der Waals surface area contributed by atoms with Crippen molar-refractivity contribution in [2.75, 3.05) is 6.61 Å². The van der Waals surface area contributed by atoms with Gasteiger partial charge in [-0.1, -0.05) is 12.8 Å². The van der Waals surface area contributed by atoms with Crippen LogP contribution in [-0.4, -0.2) is 18.1 Å². The van der Waals surface area contributed by atoms with Crippen LogP contribution in [0.4, 0.5) is 0 Å². The first-order chi connectivity index (χ1) is 7.15. The summed E-state index contributed by atoms with van der Waals surface area (Å²) in [4.78, 5) is 11.8. The average molecular weight is 211 g/mol. The summed E-state index contributed by atoms with van der Waals surface area (Å²) in [7, 11) is 0. The summed E-state index contributed by atoms with van der Waals surface area (Å²) in [6.45, 7) is 2.27. The minimum Gasteiger partial charge on any atom is -0.465 e. The van der Waals surface area contributed by atoms with E-state index in [4.69, 9.17) is 10.5 Å². The molecular weight excluding hydrogens is 190 g/mol. The standard InChI is InChI=1S/C12H21NO2/c1-2-15-11(14)12(13)7-3-4-10(8-12)9-5-6-9/h9-10H,2-8,13H2,1H3. The minimum absolute atomic E-state index is 0.185. The van der Waals surface area contributed by atoms with Gasteiger partial charge < -0.3 is 10.5 Å². The van der Waals surface area contributed by atoms with Crippen molar-refractivity contribution in [3.63, 3.8) is 0 Å². The number of nitrogens with two attached hydrogens (primary N) is 1. The van der Waals surface area contributed by atoms with Crippen molar-refractivity contribution in [2.24, 2.45) is 17.6 Å². The van der Waals surface area contributed by atoms with Gasteiger partial charge in [0.25, 0.3) is 0 Å². The molecule has 0 bridgehead atoms. The molecule has 0 heterocycles. The van der Waals surface area contributed by atoms with Crippen LogP contribution in [-0.2, 0) is 9.53 Å². The van der Waals surface area contributed by atoms with Crippen molar-refractivity contribution in [3.8, 4) is 0 Å². The summed E-state index contributed by atoms with van der Waals surface area (Å²) < 4.78 is 5.07. The van der Waals surface area contributed by atoms with E-state index in [1.807, 2.05) is 6.92 Å². The maximum atomic E-state index is 11.8. The molecule has 0 amide bonds. The van der Waals surface area contributed by atoms with E-state index in [9.17, 15) is 4.79 Å². The molecule has 0 aliphatic heterocycles. The molecule has 15 heavy (non-hydrogen) atoms. The van der Waals surface area contributed by atoms with Crippen LogP contribution in [0.15, 0.2) is 0 Å². The third-order valence-corrected chi connectivity index (χ3v) is 3.79. The highest BCUT2D eigenvalue weighted by Gasteiger charge is 2.44. The average Bonchev–Trinajstić information content (AvgIpc) is 3.01. The molecule has 2 atom stereocenters. The van der Waals surface area contributed by atoms with Crippen LogP contribution in [0.25, 0.3) is 0 Å². The molecule has 0 saturated heterocycles. The Morgan fingerprint density at radius 3 is 2.73 bits per heavy atom. The fourth-order valence-electron chi connectivity index (χ4n) is 2.78. The molecule has 2 saturated carbocycles. The van der Waals surface area contributed by atoms with Crippen LogP contribution in [0.2, 0.25) is 0 Å². The first-order valence-corrected chi connectivity index (χ1v) is 6.12. The third kappa shape index (κ3) is 2.33. The molecule has 2 N–H and O–H groups in total. The Bertz CT molecular complexity index is 250. The second-order valence-electron chi connectivity index (χ2n) is 5.07. The van der Waals surface area contributed by atoms with E-state index in [2.05, 4.69) is 0 Å². The van der Waals surface area contributed by atoms with Gasteiger partial charge >= 0.3 is 5.97 Å². The first-order valence-electron chi connectivity index (χ1n) is 6.12. The molecule has 2 unspecified atom stereocenters. The monoisotopic (exact) mass is 211 g/mol. The quantitative estimate of drug-likeness (QED) is 0.725. The van der Waals surface area contributed by atoms with Crippen molar-refractivity contribution in [1.29, 1.82) is 0 Å². The summed E-state index contributed by atoms with van der Waals surface area (Å²) in [5, 5.41) is 0. The van der Waals surface area contributed by atoms with Crippen molar-refractivity contribution >= 4 is 5.97 Å². The van der Waals surface area contributed by atoms with Crippen LogP contribution in [0.5, 0.6) is 0 Å². The fourth-order valence-corrected chi connectivity index (χ4v) is 2.78. The van der Waals surface area contributed by atoms with Gasteiger partial charge in [0, 0.05) is 0 Å². The molecule has 0 spiro atoms. The number of hydrogen-bond acceptors (Lipinski definition) is 3. The van der Waals surface area contributed by atoms with E-state index in [1.165, 1.54) is 19.3 Å². The number of carbonyl (C=O) groups excluding carboxylic acids is 1. The third-order valence-electron chi connectivity index (χ3n) is 3.79. The van der Waals surface area contributed by atoms with Crippen LogP contribution < -0.4 is 5.73 Å². The van der Waals surface area contributed by atoms with Crippen molar-refractivity contribution in [1.82, 2.24) is 0 Å². The van der Waals surface area contributed by atoms with E-state index in [1.54, 1.807) is 0 Å². The molecule has 2 fully saturated rings. The van der Waals surface area contributed by atoms with Crippen molar-refractivity contribution in [2.45, 2.75) is 51.0 Å². The SMILES string of the molecule is CCOC(=O)C1(N)CCCC(C2CC2)C1. The molecule has 3 heteroatoms. The number of carbonyl (C=O) groups is 1. The summed E-state index contributed by atoms with van der Waals surface area (Å²) >= 11 is 0. The highest BCUT2D eigenvalue weighted by Crippen LogP contribution is 2.46. The zero-order chi connectivity index (χ0) is 10.9. The molecule has 0 radical (unpaired) electrons. The van der Waals surface area contributed by atoms with Gasteiger partial charge in [-0.3, -0.25) is 4.79 Å². The van der Waals surface area contributed by atoms with Crippen LogP contribution in [0, 0.1) is 11.8 Å². The van der Waals surface area contributed by atoms with Gasteiger partial charge in [0.2, 0.25) is 0 Å². The molecule has 2 aliphatic rings. The number of esters is 1. The summed E-state index contributed by atoms with van der Waals surface area (Å²) in [5.41, 5.74) is 5.49. The summed E-state index contributed by atoms with van der Waals surface area (Å²) in [5.74, 6) is 1.34. The Kier molecular flexibility index (Phi) is 3.01. The van der Waals surface area contributed by atoms with Crippen LogP contribution in [0.1, 0.15) is 45.4 Å². The lowest BCUT2D eigenvalue weighted by atomic mass is 9.74. The second-order valence-corrected chi connectivity index (χ2v) is 5.07. The van der Waals surface area contributed by atoms with Gasteiger partial charge in [0.15, 0.2) is 0 Å². The lowest BCUT2D eigenvalue weighted by Gasteiger charge is -2.35. The van der Waals surface area contributed by atoms with Crippen LogP contribution in [0.3, 0.4) is 0 Å². The van der Waals surface area contributed by atoms with Gasteiger partial charge in [-0.25, -0.2) is 0 Å². The van der Waals surface area contributed by atoms with Crippen LogP contribution >= 0.6 is 0 Å². The Balaban J connectivity index is 1.96. The van der Waals surface area contributed by atoms with E-state index < -0.39 is 5.54 Å². The molecule has 86 valence electrons. The molecule has 0 aromatic rings. The van der Waals surface area contributed by atoms with E-state index in [0.717, 1.165) is 25.2 Å². The summed E-state index contributed by atoms with van der Waals surface area (Å²) in [6.07, 6.45) is 6.65. The topological polar surface area (TPSA) is 52.3 Å². The van der Waals surface area contributed by atoms with E-state index >= 15 is 0 Å². The maximum absolute atomic E-state index is 11.8. The predicted molar refractivity (Wildman–Crippen MR) is 58.2 cm³/mol. The smallest absolute Gasteiger partial charge is 0.326 e. The van der Waals surface area contributed by atoms with Gasteiger partial charge in [0.05, 0.1) is 6.61 Å². The largest absolute Gasteiger partial charge is 0.465 e. The zero-order valence-electron chi connectivity index (χ0n) is 9.50. The van der Waals surface area contributed by atoms with Gasteiger partial charge in [-0.15, -0.1) is 0 Å². The van der Waals surface area contributed by atoms with E-state index in [-0.39, 0.29) is 5.97 Å². The summed E-state index contributed by atoms with van der Waals surface area (Å²) in [6, 6.07) is 0. The predicted octanol–water partition coefficient (Wildman–Crippen LogP) is 1.85. The van der Waals surface area contributed by atoms with Gasteiger partial charge in [-0.05, 0) is 44.4 Å². The second kappa shape index (κ2) is 4.12.